The Kier molecular flexibility index (Phi) is 8.21. The largest absolute Gasteiger partial charge is 0.463 e. The van der Waals surface area contributed by atoms with E-state index in [0.717, 1.165) is 29.9 Å². The predicted octanol–water partition coefficient (Wildman–Crippen LogP) is 3.18. The van der Waals surface area contributed by atoms with Crippen molar-refractivity contribution in [3.05, 3.63) is 65.6 Å². The van der Waals surface area contributed by atoms with Crippen molar-refractivity contribution >= 4 is 17.6 Å². The fraction of sp³-hybridized carbons (Fsp3) is 0.333. The van der Waals surface area contributed by atoms with E-state index in [1.807, 2.05) is 30.3 Å². The number of unbranched alkanes of at least 4 members (excludes halogenated alkanes) is 2. The van der Waals surface area contributed by atoms with Crippen LogP contribution in [0.5, 0.6) is 0 Å². The van der Waals surface area contributed by atoms with Gasteiger partial charge in [0.2, 0.25) is 5.82 Å². The van der Waals surface area contributed by atoms with Crippen molar-refractivity contribution in [2.45, 2.75) is 32.8 Å². The fourth-order valence-electron chi connectivity index (χ4n) is 2.80. The van der Waals surface area contributed by atoms with E-state index >= 15 is 0 Å². The second kappa shape index (κ2) is 11.5. The fourth-order valence-corrected chi connectivity index (χ4v) is 2.80. The molecule has 168 valence electrons. The van der Waals surface area contributed by atoms with E-state index in [2.05, 4.69) is 32.6 Å². The molecule has 2 aromatic heterocycles. The summed E-state index contributed by atoms with van der Waals surface area (Å²) in [6.07, 6.45) is 1.48. The summed E-state index contributed by atoms with van der Waals surface area (Å²) in [4.78, 5) is 26.8. The third-order valence-electron chi connectivity index (χ3n) is 4.39. The summed E-state index contributed by atoms with van der Waals surface area (Å²) in [5.74, 6) is 0.593. The second-order valence-corrected chi connectivity index (χ2v) is 6.81. The van der Waals surface area contributed by atoms with E-state index in [0.29, 0.717) is 23.8 Å². The molecule has 0 spiro atoms. The number of amides is 1. The Bertz CT molecular complexity index is 1040. The van der Waals surface area contributed by atoms with Gasteiger partial charge in [-0.05, 0) is 29.0 Å². The molecule has 0 aliphatic heterocycles. The molecule has 1 N–H and O–H groups in total. The monoisotopic (exact) mass is 439 g/mol. The Labute approximate surface area is 185 Å². The number of tetrazole rings is 1. The molecule has 3 rings (SSSR count). The second-order valence-electron chi connectivity index (χ2n) is 6.81. The lowest BCUT2D eigenvalue weighted by Gasteiger charge is -2.17. The van der Waals surface area contributed by atoms with Gasteiger partial charge in [0.25, 0.3) is 0 Å². The van der Waals surface area contributed by atoms with Gasteiger partial charge in [0.15, 0.2) is 18.1 Å². The Morgan fingerprint density at radius 2 is 1.97 bits per heavy atom. The van der Waals surface area contributed by atoms with Crippen LogP contribution >= 0.6 is 0 Å². The molecule has 11 nitrogen and oxygen atoms in total. The number of carbonyl (C=O) groups is 1. The smallest absolute Gasteiger partial charge is 0.437 e. The van der Waals surface area contributed by atoms with Crippen LogP contribution in [0.3, 0.4) is 0 Å². The molecule has 0 fully saturated rings. The number of hydrogen-bond acceptors (Lipinski definition) is 8. The molecule has 1 amide bonds. The number of oxime groups is 1. The van der Waals surface area contributed by atoms with Crippen LogP contribution in [-0.4, -0.2) is 48.7 Å². The van der Waals surface area contributed by atoms with Gasteiger partial charge in [0, 0.05) is 12.6 Å². The lowest BCUT2D eigenvalue weighted by molar-refractivity contribution is 0.0905. The van der Waals surface area contributed by atoms with Crippen LogP contribution in [0.15, 0.2) is 53.7 Å². The number of hydrogen-bond donors (Lipinski definition) is 1. The molecule has 32 heavy (non-hydrogen) atoms. The Balaban J connectivity index is 1.73. The van der Waals surface area contributed by atoms with Crippen LogP contribution in [0.4, 0.5) is 10.6 Å². The zero-order valence-corrected chi connectivity index (χ0v) is 18.0. The first kappa shape index (κ1) is 22.8. The van der Waals surface area contributed by atoms with Crippen LogP contribution in [0, 0.1) is 0 Å². The number of benzene rings is 1. The van der Waals surface area contributed by atoms with E-state index in [1.165, 1.54) is 4.68 Å². The highest BCUT2D eigenvalue weighted by Gasteiger charge is 2.18. The van der Waals surface area contributed by atoms with Crippen LogP contribution in [0.1, 0.15) is 43.3 Å². The number of aromatic nitrogens is 5. The van der Waals surface area contributed by atoms with E-state index in [-0.39, 0.29) is 12.4 Å². The van der Waals surface area contributed by atoms with Crippen molar-refractivity contribution < 1.29 is 19.6 Å². The molecule has 0 atom stereocenters. The molecule has 0 aliphatic carbocycles. The van der Waals surface area contributed by atoms with E-state index < -0.39 is 6.09 Å². The Hall–Kier alpha value is -3.86. The summed E-state index contributed by atoms with van der Waals surface area (Å²) in [6, 6.07) is 14.3. The van der Waals surface area contributed by atoms with Gasteiger partial charge in [-0.3, -0.25) is 4.84 Å². The topological polar surface area (TPSA) is 128 Å². The number of nitrogens with zero attached hydrogens (tertiary/aromatic N) is 7. The van der Waals surface area contributed by atoms with Gasteiger partial charge >= 0.3 is 6.09 Å². The van der Waals surface area contributed by atoms with E-state index in [9.17, 15) is 9.90 Å². The molecule has 0 radical (unpaired) electrons. The lowest BCUT2D eigenvalue weighted by atomic mass is 10.1. The van der Waals surface area contributed by atoms with Crippen LogP contribution < -0.4 is 5.06 Å². The molecule has 0 bridgehead atoms. The zero-order chi connectivity index (χ0) is 22.8. The van der Waals surface area contributed by atoms with Crippen LogP contribution in [-0.2, 0) is 23.3 Å². The third kappa shape index (κ3) is 6.08. The van der Waals surface area contributed by atoms with E-state index in [4.69, 9.17) is 9.68 Å². The molecule has 0 aliphatic rings. The van der Waals surface area contributed by atoms with Crippen molar-refractivity contribution in [1.82, 2.24) is 25.2 Å². The predicted molar refractivity (Wildman–Crippen MR) is 116 cm³/mol. The molecular formula is C21H25N7O4. The molecule has 2 heterocycles. The maximum Gasteiger partial charge on any atom is 0.437 e. The molecule has 3 aromatic rings. The standard InChI is InChI=1S/C21H25N7O4/c1-3-4-8-14-32-28(21(29)30)18-13-9-12-17(22-18)15-31-24-19(16-10-6-5-7-11-16)20-23-25-26-27(20)2/h5-7,9-13H,3-4,8,14-15H2,1-2H3,(H,29,30)/b24-19-. The molecule has 0 saturated heterocycles. The summed E-state index contributed by atoms with van der Waals surface area (Å²) >= 11 is 0. The molecule has 0 unspecified atom stereocenters. The van der Waals surface area contributed by atoms with Gasteiger partial charge in [-0.1, -0.05) is 61.3 Å². The Morgan fingerprint density at radius 1 is 1.16 bits per heavy atom. The first-order valence-corrected chi connectivity index (χ1v) is 10.2. The van der Waals surface area contributed by atoms with E-state index in [1.54, 1.807) is 25.2 Å². The molecule has 11 heteroatoms. The number of rotatable bonds is 11. The summed E-state index contributed by atoms with van der Waals surface area (Å²) in [6.45, 7) is 2.37. The Morgan fingerprint density at radius 3 is 2.66 bits per heavy atom. The van der Waals surface area contributed by atoms with Crippen LogP contribution in [0.25, 0.3) is 0 Å². The molecule has 0 saturated carbocycles. The minimum Gasteiger partial charge on any atom is -0.463 e. The third-order valence-corrected chi connectivity index (χ3v) is 4.39. The summed E-state index contributed by atoms with van der Waals surface area (Å²) < 4.78 is 1.49. The van der Waals surface area contributed by atoms with Gasteiger partial charge in [-0.2, -0.15) is 0 Å². The lowest BCUT2D eigenvalue weighted by Crippen LogP contribution is -2.30. The first-order chi connectivity index (χ1) is 15.6. The average Bonchev–Trinajstić information content (AvgIpc) is 3.22. The van der Waals surface area contributed by atoms with Crippen molar-refractivity contribution in [2.24, 2.45) is 12.2 Å². The number of aryl methyl sites for hydroxylation is 1. The summed E-state index contributed by atoms with van der Waals surface area (Å²) in [5, 5.41) is 26.0. The first-order valence-electron chi connectivity index (χ1n) is 10.2. The minimum absolute atomic E-state index is 0.0126. The van der Waals surface area contributed by atoms with Crippen molar-refractivity contribution in [2.75, 3.05) is 11.7 Å². The average molecular weight is 439 g/mol. The minimum atomic E-state index is -1.24. The SMILES string of the molecule is CCCCCON(C(=O)O)c1cccc(CO/N=C(/c2ccccc2)c2nnnn2C)n1. The summed E-state index contributed by atoms with van der Waals surface area (Å²) in [5.41, 5.74) is 1.73. The number of hydroxylamine groups is 1. The number of anilines is 1. The quantitative estimate of drug-likeness (QED) is 0.274. The highest BCUT2D eigenvalue weighted by atomic mass is 16.7. The van der Waals surface area contributed by atoms with Gasteiger partial charge in [0.05, 0.1) is 12.3 Å². The summed E-state index contributed by atoms with van der Waals surface area (Å²) in [7, 11) is 1.71. The number of pyridine rings is 1. The highest BCUT2D eigenvalue weighted by Crippen LogP contribution is 2.15. The van der Waals surface area contributed by atoms with Crippen LogP contribution in [0.2, 0.25) is 0 Å². The van der Waals surface area contributed by atoms with Gasteiger partial charge in [0.1, 0.15) is 0 Å². The molecular weight excluding hydrogens is 414 g/mol. The van der Waals surface area contributed by atoms with Crippen molar-refractivity contribution in [3.8, 4) is 0 Å². The van der Waals surface area contributed by atoms with Gasteiger partial charge < -0.3 is 9.94 Å². The zero-order valence-electron chi connectivity index (χ0n) is 18.0. The van der Waals surface area contributed by atoms with Crippen molar-refractivity contribution in [1.29, 1.82) is 0 Å². The molecule has 1 aromatic carbocycles. The van der Waals surface area contributed by atoms with Gasteiger partial charge in [-0.15, -0.1) is 10.2 Å². The number of carboxylic acid groups (broad SMARTS) is 1. The maximum absolute atomic E-state index is 11.6. The van der Waals surface area contributed by atoms with Gasteiger partial charge in [-0.25, -0.2) is 14.5 Å². The normalized spacial score (nSPS) is 11.4. The highest BCUT2D eigenvalue weighted by molar-refractivity contribution is 6.10. The van der Waals surface area contributed by atoms with Crippen molar-refractivity contribution in [3.63, 3.8) is 0 Å². The maximum atomic E-state index is 11.6.